The molecule has 2 aromatic carbocycles. The molecule has 1 fully saturated rings. The first-order valence-electron chi connectivity index (χ1n) is 12.3. The molecule has 0 aromatic heterocycles. The second-order valence-corrected chi connectivity index (χ2v) is 9.34. The summed E-state index contributed by atoms with van der Waals surface area (Å²) >= 11 is 0. The SMILES string of the molecule is [B]C([B])(Nc1cccc2c1CN(C(CCC=O)C(=O)NC)C2=O)c1cc(CN2CCOCC2)ccc1F. The fourth-order valence-electron chi connectivity index (χ4n) is 4.84. The molecular weight excluding hydrogens is 473 g/mol. The summed E-state index contributed by atoms with van der Waals surface area (Å²) in [7, 11) is 14.3. The van der Waals surface area contributed by atoms with Crippen LogP contribution in [0.4, 0.5) is 10.1 Å². The molecule has 11 heteroatoms. The molecule has 2 amide bonds. The van der Waals surface area contributed by atoms with Gasteiger partial charge in [-0.15, -0.1) is 0 Å². The summed E-state index contributed by atoms with van der Waals surface area (Å²) in [6.45, 7) is 3.59. The Morgan fingerprint density at radius 1 is 1.24 bits per heavy atom. The van der Waals surface area contributed by atoms with Crippen molar-refractivity contribution >= 4 is 39.5 Å². The van der Waals surface area contributed by atoms with Crippen molar-refractivity contribution in [2.24, 2.45) is 0 Å². The molecule has 190 valence electrons. The first-order chi connectivity index (χ1) is 17.7. The molecule has 2 aliphatic rings. The number of hydrogen-bond acceptors (Lipinski definition) is 6. The summed E-state index contributed by atoms with van der Waals surface area (Å²) in [5, 5.41) is 3.79. The van der Waals surface area contributed by atoms with E-state index in [1.807, 2.05) is 0 Å². The van der Waals surface area contributed by atoms with Gasteiger partial charge in [-0.05, 0) is 41.1 Å². The van der Waals surface area contributed by atoms with E-state index in [1.165, 1.54) is 18.0 Å². The average molecular weight is 502 g/mol. The Labute approximate surface area is 218 Å². The van der Waals surface area contributed by atoms with E-state index in [4.69, 9.17) is 20.4 Å². The van der Waals surface area contributed by atoms with Gasteiger partial charge in [0.15, 0.2) is 0 Å². The van der Waals surface area contributed by atoms with Crippen LogP contribution >= 0.6 is 0 Å². The van der Waals surface area contributed by atoms with Crippen molar-refractivity contribution in [3.05, 3.63) is 64.5 Å². The van der Waals surface area contributed by atoms with Gasteiger partial charge in [-0.2, -0.15) is 0 Å². The van der Waals surface area contributed by atoms with Crippen LogP contribution in [0.25, 0.3) is 0 Å². The van der Waals surface area contributed by atoms with Crippen molar-refractivity contribution in [3.63, 3.8) is 0 Å². The van der Waals surface area contributed by atoms with Gasteiger partial charge < -0.3 is 25.1 Å². The van der Waals surface area contributed by atoms with Gasteiger partial charge in [0.2, 0.25) is 5.91 Å². The second kappa shape index (κ2) is 11.5. The number of halogens is 1. The van der Waals surface area contributed by atoms with Gasteiger partial charge in [0.25, 0.3) is 5.91 Å². The summed E-state index contributed by atoms with van der Waals surface area (Å²) in [5.74, 6) is -1.25. The highest BCUT2D eigenvalue weighted by atomic mass is 19.1. The number of anilines is 1. The first-order valence-corrected chi connectivity index (χ1v) is 12.3. The second-order valence-electron chi connectivity index (χ2n) is 9.34. The van der Waals surface area contributed by atoms with Crippen LogP contribution in [0.5, 0.6) is 0 Å². The van der Waals surface area contributed by atoms with Gasteiger partial charge in [0, 0.05) is 56.5 Å². The van der Waals surface area contributed by atoms with Crippen molar-refractivity contribution in [1.82, 2.24) is 15.1 Å². The molecule has 4 rings (SSSR count). The number of hydrogen-bond donors (Lipinski definition) is 2. The lowest BCUT2D eigenvalue weighted by atomic mass is 9.57. The number of carbonyl (C=O) groups excluding carboxylic acids is 3. The highest BCUT2D eigenvalue weighted by molar-refractivity contribution is 6.41. The molecule has 0 bridgehead atoms. The molecular formula is C26H29B2FN4O4. The molecule has 0 saturated carbocycles. The van der Waals surface area contributed by atoms with E-state index in [1.54, 1.807) is 30.3 Å². The van der Waals surface area contributed by atoms with Gasteiger partial charge in [0.05, 0.1) is 28.9 Å². The molecule has 37 heavy (non-hydrogen) atoms. The molecule has 8 nitrogen and oxygen atoms in total. The van der Waals surface area contributed by atoms with Gasteiger partial charge in [-0.3, -0.25) is 14.5 Å². The predicted molar refractivity (Wildman–Crippen MR) is 139 cm³/mol. The Hall–Kier alpha value is -3.17. The minimum absolute atomic E-state index is 0.0891. The van der Waals surface area contributed by atoms with Gasteiger partial charge in [-0.25, -0.2) is 4.39 Å². The topological polar surface area (TPSA) is 91.0 Å². The summed E-state index contributed by atoms with van der Waals surface area (Å²) in [5.41, 5.74) is 2.40. The Balaban J connectivity index is 1.58. The van der Waals surface area contributed by atoms with Gasteiger partial charge in [-0.1, -0.05) is 18.2 Å². The van der Waals surface area contributed by atoms with E-state index in [9.17, 15) is 18.8 Å². The molecule has 1 unspecified atom stereocenters. The van der Waals surface area contributed by atoms with Crippen LogP contribution in [0.15, 0.2) is 36.4 Å². The summed E-state index contributed by atoms with van der Waals surface area (Å²) < 4.78 is 20.3. The number of rotatable bonds is 10. The number of carbonyl (C=O) groups is 3. The van der Waals surface area contributed by atoms with Crippen molar-refractivity contribution in [2.75, 3.05) is 38.7 Å². The number of aldehydes is 1. The minimum Gasteiger partial charge on any atom is -0.392 e. The highest BCUT2D eigenvalue weighted by Crippen LogP contribution is 2.34. The normalized spacial score (nSPS) is 16.8. The zero-order valence-electron chi connectivity index (χ0n) is 20.8. The van der Waals surface area contributed by atoms with Crippen LogP contribution in [0.1, 0.15) is 39.9 Å². The summed E-state index contributed by atoms with van der Waals surface area (Å²) in [6.07, 6.45) is 1.05. The zero-order valence-corrected chi connectivity index (χ0v) is 20.8. The fourth-order valence-corrected chi connectivity index (χ4v) is 4.84. The molecule has 2 N–H and O–H groups in total. The maximum Gasteiger partial charge on any atom is 0.255 e. The van der Waals surface area contributed by atoms with E-state index >= 15 is 0 Å². The van der Waals surface area contributed by atoms with E-state index in [0.29, 0.717) is 36.6 Å². The molecule has 2 aliphatic heterocycles. The Bertz CT molecular complexity index is 1170. The Morgan fingerprint density at radius 2 is 2.00 bits per heavy atom. The number of nitrogens with zero attached hydrogens (tertiary/aromatic N) is 2. The lowest BCUT2D eigenvalue weighted by molar-refractivity contribution is -0.125. The molecule has 0 aliphatic carbocycles. The Morgan fingerprint density at radius 3 is 2.70 bits per heavy atom. The quantitative estimate of drug-likeness (QED) is 0.376. The molecule has 1 atom stereocenters. The molecule has 2 heterocycles. The smallest absolute Gasteiger partial charge is 0.255 e. The van der Waals surface area contributed by atoms with E-state index in [-0.39, 0.29) is 36.8 Å². The first kappa shape index (κ1) is 26.9. The molecule has 1 saturated heterocycles. The van der Waals surface area contributed by atoms with Crippen molar-refractivity contribution in [2.45, 2.75) is 37.3 Å². The lowest BCUT2D eigenvalue weighted by Crippen LogP contribution is -2.46. The maximum atomic E-state index is 14.9. The highest BCUT2D eigenvalue weighted by Gasteiger charge is 2.37. The van der Waals surface area contributed by atoms with E-state index in [0.717, 1.165) is 24.9 Å². The molecule has 0 spiro atoms. The van der Waals surface area contributed by atoms with Crippen molar-refractivity contribution in [3.8, 4) is 0 Å². The van der Waals surface area contributed by atoms with Crippen molar-refractivity contribution < 1.29 is 23.5 Å². The fraction of sp³-hybridized carbons (Fsp3) is 0.423. The minimum atomic E-state index is -1.78. The molecule has 4 radical (unpaired) electrons. The van der Waals surface area contributed by atoms with Crippen molar-refractivity contribution in [1.29, 1.82) is 0 Å². The Kier molecular flexibility index (Phi) is 8.34. The summed E-state index contributed by atoms with van der Waals surface area (Å²) in [6, 6.07) is 8.94. The number of nitrogens with one attached hydrogen (secondary N) is 2. The van der Waals surface area contributed by atoms with Crippen LogP contribution < -0.4 is 10.6 Å². The van der Waals surface area contributed by atoms with E-state index in [2.05, 4.69) is 15.5 Å². The van der Waals surface area contributed by atoms with Crippen LogP contribution in [0.3, 0.4) is 0 Å². The van der Waals surface area contributed by atoms with Crippen LogP contribution in [-0.2, 0) is 32.8 Å². The van der Waals surface area contributed by atoms with E-state index < -0.39 is 17.2 Å². The molecule has 2 aromatic rings. The number of ether oxygens (including phenoxy) is 1. The standard InChI is InChI=1S/C26H29B2FN4O4/c1-30-24(35)23(6-3-11-34)33-16-19-18(25(33)36)4-2-5-22(19)31-26(27,28)20-14-17(7-8-21(20)29)15-32-9-12-37-13-10-32/h2,4-5,7-8,11,14,23,31H,3,6,9-10,12-13,15-16H2,1H3,(H,30,35). The largest absolute Gasteiger partial charge is 0.392 e. The number of fused-ring (bicyclic) bond motifs is 1. The zero-order chi connectivity index (χ0) is 26.6. The third-order valence-electron chi connectivity index (χ3n) is 6.81. The lowest BCUT2D eigenvalue weighted by Gasteiger charge is -2.32. The van der Waals surface area contributed by atoms with Gasteiger partial charge >= 0.3 is 0 Å². The third kappa shape index (κ3) is 5.88. The van der Waals surface area contributed by atoms with Crippen LogP contribution in [-0.4, -0.2) is 83.0 Å². The number of amides is 2. The number of likely N-dealkylation sites (N-methyl/N-ethyl adjacent to an activating group) is 1. The van der Waals surface area contributed by atoms with Crippen LogP contribution in [0, 0.1) is 5.82 Å². The number of morpholine rings is 1. The monoisotopic (exact) mass is 502 g/mol. The van der Waals surface area contributed by atoms with Crippen LogP contribution in [0.2, 0.25) is 0 Å². The number of benzene rings is 2. The predicted octanol–water partition coefficient (Wildman–Crippen LogP) is 1.27. The average Bonchev–Trinajstić information content (AvgIpc) is 3.22. The third-order valence-corrected chi connectivity index (χ3v) is 6.81. The summed E-state index contributed by atoms with van der Waals surface area (Å²) in [4.78, 5) is 40.2. The maximum absolute atomic E-state index is 14.9. The van der Waals surface area contributed by atoms with Gasteiger partial charge in [0.1, 0.15) is 18.1 Å².